The monoisotopic (exact) mass is 431 g/mol. The highest BCUT2D eigenvalue weighted by Gasteiger charge is 2.32. The summed E-state index contributed by atoms with van der Waals surface area (Å²) in [5, 5.41) is 18.6. The highest BCUT2D eigenvalue weighted by Crippen LogP contribution is 2.29. The Kier molecular flexibility index (Phi) is 7.02. The number of rotatable bonds is 8. The van der Waals surface area contributed by atoms with Crippen molar-refractivity contribution in [1.82, 2.24) is 5.32 Å². The lowest BCUT2D eigenvalue weighted by molar-refractivity contribution is -0.138. The molecule has 1 fully saturated rings. The van der Waals surface area contributed by atoms with E-state index in [1.54, 1.807) is 36.4 Å². The van der Waals surface area contributed by atoms with E-state index in [0.29, 0.717) is 22.6 Å². The molecule has 156 valence electrons. The van der Waals surface area contributed by atoms with Crippen LogP contribution < -0.4 is 14.8 Å². The molecule has 0 aliphatic carbocycles. The average molecular weight is 431 g/mol. The third kappa shape index (κ3) is 5.57. The molecule has 30 heavy (non-hydrogen) atoms. The van der Waals surface area contributed by atoms with Crippen molar-refractivity contribution in [3.05, 3.63) is 59.4 Å². The third-order valence-corrected chi connectivity index (χ3v) is 5.09. The van der Waals surface area contributed by atoms with Crippen LogP contribution in [0.2, 0.25) is 0 Å². The van der Waals surface area contributed by atoms with Crippen LogP contribution in [0, 0.1) is 5.82 Å². The maximum atomic E-state index is 13.7. The first-order valence-corrected chi connectivity index (χ1v) is 9.69. The van der Waals surface area contributed by atoms with E-state index in [2.05, 4.69) is 15.5 Å². The number of methoxy groups -OCH3 is 1. The number of hydrogen-bond acceptors (Lipinski definition) is 7. The highest BCUT2D eigenvalue weighted by atomic mass is 32.2. The quantitative estimate of drug-likeness (QED) is 0.491. The summed E-state index contributed by atoms with van der Waals surface area (Å²) in [4.78, 5) is 22.4. The Morgan fingerprint density at radius 2 is 2.10 bits per heavy atom. The first-order chi connectivity index (χ1) is 14.5. The van der Waals surface area contributed by atoms with Gasteiger partial charge in [0.1, 0.15) is 17.7 Å². The molecule has 0 bridgehead atoms. The molecule has 2 aromatic carbocycles. The lowest BCUT2D eigenvalue weighted by Gasteiger charge is -2.11. The maximum absolute atomic E-state index is 13.7. The number of hydrogen-bond donors (Lipinski definition) is 2. The predicted molar refractivity (Wildman–Crippen MR) is 111 cm³/mol. The molecule has 1 aliphatic rings. The molecule has 0 aromatic heterocycles. The molecule has 8 nitrogen and oxygen atoms in total. The largest absolute Gasteiger partial charge is 0.493 e. The van der Waals surface area contributed by atoms with Gasteiger partial charge in [0, 0.05) is 5.56 Å². The van der Waals surface area contributed by atoms with E-state index in [4.69, 9.17) is 14.6 Å². The number of thioether (sulfide) groups is 1. The molecule has 10 heteroatoms. The van der Waals surface area contributed by atoms with E-state index in [0.717, 1.165) is 11.8 Å². The van der Waals surface area contributed by atoms with E-state index >= 15 is 0 Å². The Hall–Kier alpha value is -3.40. The van der Waals surface area contributed by atoms with Crippen LogP contribution in [-0.4, -0.2) is 40.7 Å². The number of amidine groups is 1. The van der Waals surface area contributed by atoms with Gasteiger partial charge >= 0.3 is 5.97 Å². The Balaban J connectivity index is 1.64. The molecule has 0 unspecified atom stereocenters. The zero-order chi connectivity index (χ0) is 21.5. The van der Waals surface area contributed by atoms with E-state index in [9.17, 15) is 14.0 Å². The molecule has 2 aromatic rings. The fourth-order valence-electron chi connectivity index (χ4n) is 2.55. The maximum Gasteiger partial charge on any atom is 0.305 e. The Morgan fingerprint density at radius 3 is 2.83 bits per heavy atom. The summed E-state index contributed by atoms with van der Waals surface area (Å²) in [7, 11) is 1.49. The van der Waals surface area contributed by atoms with Gasteiger partial charge in [0.05, 0.1) is 19.7 Å². The van der Waals surface area contributed by atoms with Gasteiger partial charge in [-0.1, -0.05) is 30.0 Å². The molecular weight excluding hydrogens is 413 g/mol. The summed E-state index contributed by atoms with van der Waals surface area (Å²) in [6, 6.07) is 11.4. The zero-order valence-electron chi connectivity index (χ0n) is 15.9. The van der Waals surface area contributed by atoms with Crippen molar-refractivity contribution >= 4 is 35.0 Å². The molecule has 2 N–H and O–H groups in total. The second-order valence-corrected chi connectivity index (χ2v) is 7.33. The molecule has 0 spiro atoms. The summed E-state index contributed by atoms with van der Waals surface area (Å²) in [5.41, 5.74) is 1.09. The number of halogens is 1. The summed E-state index contributed by atoms with van der Waals surface area (Å²) in [6.07, 6.45) is 1.16. The van der Waals surface area contributed by atoms with Crippen molar-refractivity contribution in [2.24, 2.45) is 10.2 Å². The van der Waals surface area contributed by atoms with Crippen LogP contribution in [0.25, 0.3) is 0 Å². The third-order valence-electron chi connectivity index (χ3n) is 4.02. The van der Waals surface area contributed by atoms with Crippen LogP contribution in [0.4, 0.5) is 4.39 Å². The minimum atomic E-state index is -1.06. The SMILES string of the molecule is COc1cc(/C=N\N=C2\NC(=O)[C@H](CC(=O)O)S2)ccc1OCc1ccccc1F. The smallest absolute Gasteiger partial charge is 0.305 e. The summed E-state index contributed by atoms with van der Waals surface area (Å²) >= 11 is 1.02. The van der Waals surface area contributed by atoms with Crippen molar-refractivity contribution in [3.8, 4) is 11.5 Å². The lowest BCUT2D eigenvalue weighted by Crippen LogP contribution is -2.26. The van der Waals surface area contributed by atoms with Crippen LogP contribution in [0.5, 0.6) is 11.5 Å². The molecular formula is C20H18FN3O5S. The van der Waals surface area contributed by atoms with Gasteiger partial charge in [-0.25, -0.2) is 4.39 Å². The number of nitrogens with zero attached hydrogens (tertiary/aromatic N) is 2. The van der Waals surface area contributed by atoms with Gasteiger partial charge in [-0.05, 0) is 29.8 Å². The number of nitrogens with one attached hydrogen (secondary N) is 1. The number of aliphatic carboxylic acids is 1. The van der Waals surface area contributed by atoms with Gasteiger partial charge in [0.25, 0.3) is 0 Å². The highest BCUT2D eigenvalue weighted by molar-refractivity contribution is 8.15. The van der Waals surface area contributed by atoms with Crippen LogP contribution in [0.3, 0.4) is 0 Å². The summed E-state index contributed by atoms with van der Waals surface area (Å²) in [6.45, 7) is 0.0541. The average Bonchev–Trinajstić information content (AvgIpc) is 3.06. The molecule has 3 rings (SSSR count). The first-order valence-electron chi connectivity index (χ1n) is 8.81. The Morgan fingerprint density at radius 1 is 1.30 bits per heavy atom. The Bertz CT molecular complexity index is 1010. The summed E-state index contributed by atoms with van der Waals surface area (Å²) in [5.74, 6) is -0.930. The number of carboxylic acid groups (broad SMARTS) is 1. The van der Waals surface area contributed by atoms with Crippen molar-refractivity contribution in [2.75, 3.05) is 7.11 Å². The number of amides is 1. The van der Waals surface area contributed by atoms with E-state index in [1.807, 2.05) is 0 Å². The van der Waals surface area contributed by atoms with Crippen molar-refractivity contribution in [2.45, 2.75) is 18.3 Å². The van der Waals surface area contributed by atoms with Gasteiger partial charge < -0.3 is 19.9 Å². The van der Waals surface area contributed by atoms with Crippen LogP contribution >= 0.6 is 11.8 Å². The second-order valence-electron chi connectivity index (χ2n) is 6.13. The van der Waals surface area contributed by atoms with Gasteiger partial charge in [0.2, 0.25) is 5.91 Å². The molecule has 1 aliphatic heterocycles. The number of carbonyl (C=O) groups is 2. The topological polar surface area (TPSA) is 110 Å². The van der Waals surface area contributed by atoms with Gasteiger partial charge in [-0.2, -0.15) is 5.10 Å². The second kappa shape index (κ2) is 9.88. The van der Waals surface area contributed by atoms with Crippen LogP contribution in [-0.2, 0) is 16.2 Å². The van der Waals surface area contributed by atoms with E-state index in [-0.39, 0.29) is 24.0 Å². The number of benzene rings is 2. The summed E-state index contributed by atoms with van der Waals surface area (Å²) < 4.78 is 24.7. The fourth-order valence-corrected chi connectivity index (χ4v) is 3.46. The molecule has 1 saturated heterocycles. The van der Waals surface area contributed by atoms with Crippen molar-refractivity contribution < 1.29 is 28.6 Å². The number of carbonyl (C=O) groups excluding carboxylic acids is 1. The van der Waals surface area contributed by atoms with Crippen molar-refractivity contribution in [1.29, 1.82) is 0 Å². The zero-order valence-corrected chi connectivity index (χ0v) is 16.7. The number of carboxylic acids is 1. The molecule has 0 radical (unpaired) electrons. The van der Waals surface area contributed by atoms with E-state index < -0.39 is 17.1 Å². The molecule has 1 heterocycles. The molecule has 0 saturated carbocycles. The normalized spacial score (nSPS) is 17.3. The van der Waals surface area contributed by atoms with Crippen LogP contribution in [0.15, 0.2) is 52.7 Å². The van der Waals surface area contributed by atoms with Crippen molar-refractivity contribution in [3.63, 3.8) is 0 Å². The number of ether oxygens (including phenoxy) is 2. The van der Waals surface area contributed by atoms with E-state index in [1.165, 1.54) is 19.4 Å². The predicted octanol–water partition coefficient (Wildman–Crippen LogP) is 2.81. The molecule has 1 atom stereocenters. The Labute approximate surface area is 175 Å². The van der Waals surface area contributed by atoms with Crippen LogP contribution in [0.1, 0.15) is 17.5 Å². The van der Waals surface area contributed by atoms with Gasteiger partial charge in [0.15, 0.2) is 16.7 Å². The first kappa shape index (κ1) is 21.3. The van der Waals surface area contributed by atoms with Gasteiger partial charge in [-0.3, -0.25) is 9.59 Å². The molecule has 1 amide bonds. The minimum absolute atomic E-state index is 0.0541. The lowest BCUT2D eigenvalue weighted by atomic mass is 10.2. The standard InChI is InChI=1S/C20H18FN3O5S/c1-28-16-8-12(6-7-15(16)29-11-13-4-2-3-5-14(13)21)10-22-24-20-23-19(27)17(30-20)9-18(25)26/h2-8,10,17H,9,11H2,1H3,(H,25,26)(H,23,24,27)/b22-10-/t17-/m0/s1. The minimum Gasteiger partial charge on any atom is -0.493 e. The van der Waals surface area contributed by atoms with Gasteiger partial charge in [-0.15, -0.1) is 5.10 Å². The fraction of sp³-hybridized carbons (Fsp3) is 0.200.